The Kier molecular flexibility index (Phi) is 3.82. The molecule has 1 aromatic heterocycles. The third-order valence-corrected chi connectivity index (χ3v) is 4.12. The van der Waals surface area contributed by atoms with Crippen molar-refractivity contribution in [2.75, 3.05) is 7.11 Å². The van der Waals surface area contributed by atoms with E-state index in [4.69, 9.17) is 4.74 Å². The Bertz CT molecular complexity index is 570. The number of aryl methyl sites for hydroxylation is 2. The number of methoxy groups -OCH3 is 1. The molecule has 0 N–H and O–H groups in total. The highest BCUT2D eigenvalue weighted by Gasteiger charge is 2.12. The monoisotopic (exact) mass is 260 g/mol. The zero-order chi connectivity index (χ0) is 13.1. The predicted octanol–water partition coefficient (Wildman–Crippen LogP) is 3.86. The van der Waals surface area contributed by atoms with E-state index < -0.39 is 0 Å². The maximum atomic E-state index is 12.3. The first-order chi connectivity index (χ1) is 8.65. The third kappa shape index (κ3) is 2.46. The Morgan fingerprint density at radius 1 is 1.28 bits per heavy atom. The molecule has 2 aromatic rings. The Labute approximate surface area is 111 Å². The van der Waals surface area contributed by atoms with Gasteiger partial charge in [-0.05, 0) is 49.2 Å². The molecule has 0 aliphatic heterocycles. The molecule has 0 unspecified atom stereocenters. The summed E-state index contributed by atoms with van der Waals surface area (Å²) in [7, 11) is 1.64. The SMILES string of the molecule is CCc1ccc(C(=O)c2ccc(OC)c(C)c2)s1. The molecule has 18 heavy (non-hydrogen) atoms. The first-order valence-corrected chi connectivity index (χ1v) is 6.75. The molecule has 0 aliphatic rings. The van der Waals surface area contributed by atoms with Gasteiger partial charge in [0.25, 0.3) is 0 Å². The first-order valence-electron chi connectivity index (χ1n) is 5.93. The van der Waals surface area contributed by atoms with Crippen molar-refractivity contribution in [3.63, 3.8) is 0 Å². The highest BCUT2D eigenvalue weighted by Crippen LogP contribution is 2.24. The number of rotatable bonds is 4. The van der Waals surface area contributed by atoms with Crippen LogP contribution >= 0.6 is 11.3 Å². The molecule has 1 heterocycles. The summed E-state index contributed by atoms with van der Waals surface area (Å²) in [5, 5.41) is 0. The molecule has 2 nitrogen and oxygen atoms in total. The van der Waals surface area contributed by atoms with Gasteiger partial charge in [-0.25, -0.2) is 0 Å². The van der Waals surface area contributed by atoms with E-state index in [2.05, 4.69) is 6.92 Å². The van der Waals surface area contributed by atoms with Gasteiger partial charge in [0, 0.05) is 10.4 Å². The summed E-state index contributed by atoms with van der Waals surface area (Å²) in [4.78, 5) is 14.3. The zero-order valence-electron chi connectivity index (χ0n) is 10.8. The molecule has 0 aliphatic carbocycles. The van der Waals surface area contributed by atoms with Gasteiger partial charge in [0.1, 0.15) is 5.75 Å². The smallest absolute Gasteiger partial charge is 0.202 e. The summed E-state index contributed by atoms with van der Waals surface area (Å²) in [6.07, 6.45) is 0.972. The second-order valence-electron chi connectivity index (χ2n) is 4.13. The fourth-order valence-electron chi connectivity index (χ4n) is 1.85. The van der Waals surface area contributed by atoms with Gasteiger partial charge in [-0.3, -0.25) is 4.79 Å². The lowest BCUT2D eigenvalue weighted by Crippen LogP contribution is -1.99. The predicted molar refractivity (Wildman–Crippen MR) is 74.9 cm³/mol. The highest BCUT2D eigenvalue weighted by molar-refractivity contribution is 7.14. The molecule has 0 spiro atoms. The van der Waals surface area contributed by atoms with Crippen LogP contribution in [0.25, 0.3) is 0 Å². The summed E-state index contributed by atoms with van der Waals surface area (Å²) in [6, 6.07) is 9.47. The lowest BCUT2D eigenvalue weighted by molar-refractivity contribution is 0.104. The maximum Gasteiger partial charge on any atom is 0.202 e. The standard InChI is InChI=1S/C15H16O2S/c1-4-12-6-8-14(18-12)15(16)11-5-7-13(17-3)10(2)9-11/h5-9H,4H2,1-3H3. The van der Waals surface area contributed by atoms with Crippen molar-refractivity contribution in [3.05, 3.63) is 51.2 Å². The van der Waals surface area contributed by atoms with Gasteiger partial charge < -0.3 is 4.74 Å². The fourth-order valence-corrected chi connectivity index (χ4v) is 2.76. The number of benzene rings is 1. The first kappa shape index (κ1) is 12.8. The third-order valence-electron chi connectivity index (χ3n) is 2.89. The summed E-state index contributed by atoms with van der Waals surface area (Å²) in [5.74, 6) is 0.900. The molecule has 0 saturated carbocycles. The lowest BCUT2D eigenvalue weighted by atomic mass is 10.1. The Morgan fingerprint density at radius 2 is 2.06 bits per heavy atom. The maximum absolute atomic E-state index is 12.3. The van der Waals surface area contributed by atoms with E-state index in [9.17, 15) is 4.79 Å². The molecule has 3 heteroatoms. The van der Waals surface area contributed by atoms with Crippen LogP contribution in [0.1, 0.15) is 32.6 Å². The van der Waals surface area contributed by atoms with E-state index in [1.165, 1.54) is 4.88 Å². The van der Waals surface area contributed by atoms with Crippen LogP contribution in [0.5, 0.6) is 5.75 Å². The van der Waals surface area contributed by atoms with E-state index >= 15 is 0 Å². The van der Waals surface area contributed by atoms with E-state index in [0.717, 1.165) is 28.2 Å². The van der Waals surface area contributed by atoms with E-state index in [1.54, 1.807) is 18.4 Å². The molecule has 0 amide bonds. The van der Waals surface area contributed by atoms with Crippen LogP contribution in [0.4, 0.5) is 0 Å². The zero-order valence-corrected chi connectivity index (χ0v) is 11.6. The van der Waals surface area contributed by atoms with Gasteiger partial charge in [0.2, 0.25) is 5.78 Å². The average Bonchev–Trinajstić information content (AvgIpc) is 2.86. The normalized spacial score (nSPS) is 10.4. The van der Waals surface area contributed by atoms with Gasteiger partial charge in [-0.15, -0.1) is 11.3 Å². The largest absolute Gasteiger partial charge is 0.496 e. The van der Waals surface area contributed by atoms with E-state index in [1.807, 2.05) is 37.3 Å². The van der Waals surface area contributed by atoms with Crippen LogP contribution in [0.2, 0.25) is 0 Å². The van der Waals surface area contributed by atoms with Crippen molar-refractivity contribution < 1.29 is 9.53 Å². The molecule has 0 fully saturated rings. The minimum Gasteiger partial charge on any atom is -0.496 e. The number of hydrogen-bond acceptors (Lipinski definition) is 3. The van der Waals surface area contributed by atoms with Gasteiger partial charge in [-0.2, -0.15) is 0 Å². The van der Waals surface area contributed by atoms with Crippen LogP contribution < -0.4 is 4.74 Å². The van der Waals surface area contributed by atoms with Crippen LogP contribution in [0.15, 0.2) is 30.3 Å². The molecule has 0 saturated heterocycles. The summed E-state index contributed by atoms with van der Waals surface area (Å²) in [6.45, 7) is 4.04. The summed E-state index contributed by atoms with van der Waals surface area (Å²) in [5.41, 5.74) is 1.70. The molecular weight excluding hydrogens is 244 g/mol. The number of thiophene rings is 1. The van der Waals surface area contributed by atoms with Gasteiger partial charge in [0.15, 0.2) is 0 Å². The number of ketones is 1. The van der Waals surface area contributed by atoms with Gasteiger partial charge in [0.05, 0.1) is 12.0 Å². The summed E-state index contributed by atoms with van der Waals surface area (Å²) >= 11 is 1.57. The fraction of sp³-hybridized carbons (Fsp3) is 0.267. The molecule has 2 rings (SSSR count). The number of carbonyl (C=O) groups is 1. The minimum absolute atomic E-state index is 0.0884. The van der Waals surface area contributed by atoms with Crippen molar-refractivity contribution in [2.45, 2.75) is 20.3 Å². The minimum atomic E-state index is 0.0884. The topological polar surface area (TPSA) is 26.3 Å². The van der Waals surface area contributed by atoms with Crippen LogP contribution in [0.3, 0.4) is 0 Å². The number of hydrogen-bond donors (Lipinski definition) is 0. The van der Waals surface area contributed by atoms with Crippen molar-refractivity contribution in [1.29, 1.82) is 0 Å². The second-order valence-corrected chi connectivity index (χ2v) is 5.30. The Balaban J connectivity index is 2.31. The molecule has 0 atom stereocenters. The van der Waals surface area contributed by atoms with Crippen molar-refractivity contribution in [1.82, 2.24) is 0 Å². The molecule has 0 radical (unpaired) electrons. The van der Waals surface area contributed by atoms with Crippen LogP contribution in [-0.4, -0.2) is 12.9 Å². The van der Waals surface area contributed by atoms with Crippen molar-refractivity contribution in [3.8, 4) is 5.75 Å². The molecule has 1 aromatic carbocycles. The van der Waals surface area contributed by atoms with Crippen molar-refractivity contribution >= 4 is 17.1 Å². The Hall–Kier alpha value is -1.61. The van der Waals surface area contributed by atoms with Gasteiger partial charge in [-0.1, -0.05) is 6.92 Å². The number of carbonyl (C=O) groups excluding carboxylic acids is 1. The van der Waals surface area contributed by atoms with E-state index in [-0.39, 0.29) is 5.78 Å². The quantitative estimate of drug-likeness (QED) is 0.780. The summed E-state index contributed by atoms with van der Waals surface area (Å²) < 4.78 is 5.20. The van der Waals surface area contributed by atoms with Crippen LogP contribution in [-0.2, 0) is 6.42 Å². The van der Waals surface area contributed by atoms with Crippen molar-refractivity contribution in [2.24, 2.45) is 0 Å². The highest BCUT2D eigenvalue weighted by atomic mass is 32.1. The molecule has 0 bridgehead atoms. The van der Waals surface area contributed by atoms with E-state index in [0.29, 0.717) is 0 Å². The molecule has 94 valence electrons. The lowest BCUT2D eigenvalue weighted by Gasteiger charge is -2.05. The van der Waals surface area contributed by atoms with Gasteiger partial charge >= 0.3 is 0 Å². The average molecular weight is 260 g/mol. The Morgan fingerprint density at radius 3 is 2.61 bits per heavy atom. The molecular formula is C15H16O2S. The number of ether oxygens (including phenoxy) is 1. The van der Waals surface area contributed by atoms with Crippen LogP contribution in [0, 0.1) is 6.92 Å². The second kappa shape index (κ2) is 5.36.